The Bertz CT molecular complexity index is 442. The number of carbonyl (C=O) groups excluding carboxylic acids is 1. The molecule has 0 fully saturated rings. The third-order valence-electron chi connectivity index (χ3n) is 2.49. The van der Waals surface area contributed by atoms with E-state index in [0.717, 1.165) is 12.3 Å². The first-order chi connectivity index (χ1) is 8.78. The number of benzene rings is 1. The molecule has 0 atom stereocenters. The normalized spacial score (nSPS) is 14.6. The highest BCUT2D eigenvalue weighted by Crippen LogP contribution is 2.14. The number of nitrogens with one attached hydrogen (secondary N) is 3. The van der Waals surface area contributed by atoms with E-state index >= 15 is 0 Å². The van der Waals surface area contributed by atoms with Crippen molar-refractivity contribution in [2.75, 3.05) is 32.1 Å². The predicted octanol–water partition coefficient (Wildman–Crippen LogP) is 0.818. The second-order valence-electron chi connectivity index (χ2n) is 3.81. The highest BCUT2D eigenvalue weighted by Gasteiger charge is 2.08. The number of rotatable bonds is 2. The van der Waals surface area contributed by atoms with Crippen LogP contribution in [0.5, 0.6) is 5.75 Å². The topological polar surface area (TPSA) is 74.8 Å². The Labute approximate surface area is 105 Å². The van der Waals surface area contributed by atoms with Gasteiger partial charge in [-0.05, 0) is 24.3 Å². The molecule has 0 aromatic heterocycles. The minimum atomic E-state index is -0.289. The van der Waals surface area contributed by atoms with E-state index in [4.69, 9.17) is 4.74 Å². The lowest BCUT2D eigenvalue weighted by Crippen LogP contribution is -2.43. The van der Waals surface area contributed by atoms with Crippen molar-refractivity contribution < 1.29 is 9.53 Å². The molecular weight excluding hydrogens is 232 g/mol. The van der Waals surface area contributed by atoms with Crippen LogP contribution in [0.15, 0.2) is 29.3 Å². The Morgan fingerprint density at radius 2 is 2.11 bits per heavy atom. The molecule has 0 bridgehead atoms. The molecule has 0 aliphatic carbocycles. The predicted molar refractivity (Wildman–Crippen MR) is 70.3 cm³/mol. The van der Waals surface area contributed by atoms with Gasteiger partial charge in [-0.15, -0.1) is 0 Å². The molecule has 0 saturated carbocycles. The van der Waals surface area contributed by atoms with Crippen LogP contribution in [0, 0.1) is 0 Å². The second-order valence-corrected chi connectivity index (χ2v) is 3.81. The van der Waals surface area contributed by atoms with Crippen LogP contribution in [-0.2, 0) is 0 Å². The fourth-order valence-corrected chi connectivity index (χ4v) is 1.58. The summed E-state index contributed by atoms with van der Waals surface area (Å²) in [4.78, 5) is 15.9. The summed E-state index contributed by atoms with van der Waals surface area (Å²) in [7, 11) is 1.60. The summed E-state index contributed by atoms with van der Waals surface area (Å²) in [5.41, 5.74) is 0.706. The fourth-order valence-electron chi connectivity index (χ4n) is 1.58. The van der Waals surface area contributed by atoms with Crippen molar-refractivity contribution in [3.8, 4) is 5.75 Å². The smallest absolute Gasteiger partial charge is 0.324 e. The average molecular weight is 248 g/mol. The van der Waals surface area contributed by atoms with Crippen LogP contribution in [0.25, 0.3) is 0 Å². The summed E-state index contributed by atoms with van der Waals surface area (Å²) in [5.74, 6) is 1.41. The molecule has 0 unspecified atom stereocenters. The van der Waals surface area contributed by atoms with Crippen molar-refractivity contribution in [1.29, 1.82) is 0 Å². The molecule has 6 heteroatoms. The van der Waals surface area contributed by atoms with Gasteiger partial charge in [0.05, 0.1) is 20.2 Å². The van der Waals surface area contributed by atoms with Gasteiger partial charge in [0.15, 0.2) is 0 Å². The second kappa shape index (κ2) is 6.02. The zero-order valence-electron chi connectivity index (χ0n) is 10.2. The van der Waals surface area contributed by atoms with Crippen LogP contribution in [0.4, 0.5) is 10.5 Å². The van der Waals surface area contributed by atoms with Crippen LogP contribution in [0.2, 0.25) is 0 Å². The number of urea groups is 1. The van der Waals surface area contributed by atoms with Gasteiger partial charge in [0.2, 0.25) is 0 Å². The first-order valence-corrected chi connectivity index (χ1v) is 5.74. The average Bonchev–Trinajstić information content (AvgIpc) is 2.40. The van der Waals surface area contributed by atoms with Gasteiger partial charge in [-0.1, -0.05) is 0 Å². The maximum Gasteiger partial charge on any atom is 0.324 e. The monoisotopic (exact) mass is 248 g/mol. The third kappa shape index (κ3) is 3.46. The molecule has 1 aliphatic rings. The maximum absolute atomic E-state index is 11.7. The fraction of sp³-hybridized carbons (Fsp3) is 0.333. The zero-order valence-corrected chi connectivity index (χ0v) is 10.2. The van der Waals surface area contributed by atoms with Crippen LogP contribution >= 0.6 is 0 Å². The van der Waals surface area contributed by atoms with Gasteiger partial charge in [0.25, 0.3) is 0 Å². The van der Waals surface area contributed by atoms with E-state index in [-0.39, 0.29) is 6.03 Å². The van der Waals surface area contributed by atoms with Gasteiger partial charge < -0.3 is 15.4 Å². The SMILES string of the molecule is COc1ccc(NC(=O)NC2=NCCNC2)cc1. The summed E-state index contributed by atoms with van der Waals surface area (Å²) in [5, 5.41) is 8.56. The van der Waals surface area contributed by atoms with Crippen molar-refractivity contribution in [3.63, 3.8) is 0 Å². The summed E-state index contributed by atoms with van der Waals surface area (Å²) >= 11 is 0. The molecule has 1 heterocycles. The van der Waals surface area contributed by atoms with Crippen molar-refractivity contribution in [3.05, 3.63) is 24.3 Å². The van der Waals surface area contributed by atoms with E-state index in [1.54, 1.807) is 31.4 Å². The van der Waals surface area contributed by atoms with Crippen molar-refractivity contribution in [2.24, 2.45) is 4.99 Å². The molecule has 2 rings (SSSR count). The van der Waals surface area contributed by atoms with E-state index in [1.807, 2.05) is 0 Å². The molecule has 0 radical (unpaired) electrons. The Morgan fingerprint density at radius 3 is 2.72 bits per heavy atom. The minimum Gasteiger partial charge on any atom is -0.497 e. The number of amides is 2. The van der Waals surface area contributed by atoms with Crippen molar-refractivity contribution >= 4 is 17.6 Å². The van der Waals surface area contributed by atoms with E-state index in [0.29, 0.717) is 24.6 Å². The van der Waals surface area contributed by atoms with E-state index in [9.17, 15) is 4.79 Å². The number of hydrogen-bond acceptors (Lipinski definition) is 4. The Hall–Kier alpha value is -2.08. The zero-order chi connectivity index (χ0) is 12.8. The molecule has 18 heavy (non-hydrogen) atoms. The number of methoxy groups -OCH3 is 1. The number of aliphatic imine (C=N–C) groups is 1. The Balaban J connectivity index is 1.88. The van der Waals surface area contributed by atoms with Crippen LogP contribution in [-0.4, -0.2) is 38.6 Å². The molecule has 1 aliphatic heterocycles. The number of hydrogen-bond donors (Lipinski definition) is 3. The van der Waals surface area contributed by atoms with Gasteiger partial charge >= 0.3 is 6.03 Å². The molecule has 6 nitrogen and oxygen atoms in total. The van der Waals surface area contributed by atoms with Gasteiger partial charge in [-0.3, -0.25) is 10.3 Å². The quantitative estimate of drug-likeness (QED) is 0.725. The number of anilines is 1. The van der Waals surface area contributed by atoms with Crippen LogP contribution in [0.3, 0.4) is 0 Å². The molecule has 1 aromatic carbocycles. The summed E-state index contributed by atoms with van der Waals surface area (Å²) in [6.07, 6.45) is 0. The van der Waals surface area contributed by atoms with E-state index < -0.39 is 0 Å². The van der Waals surface area contributed by atoms with Crippen molar-refractivity contribution in [2.45, 2.75) is 0 Å². The van der Waals surface area contributed by atoms with Crippen LogP contribution < -0.4 is 20.7 Å². The van der Waals surface area contributed by atoms with Crippen LogP contribution in [0.1, 0.15) is 0 Å². The molecule has 96 valence electrons. The van der Waals surface area contributed by atoms with E-state index in [1.165, 1.54) is 0 Å². The summed E-state index contributed by atoms with van der Waals surface area (Å²) < 4.78 is 5.04. The van der Waals surface area contributed by atoms with Gasteiger partial charge in [-0.25, -0.2) is 4.79 Å². The number of carbonyl (C=O) groups is 1. The number of amidine groups is 1. The lowest BCUT2D eigenvalue weighted by atomic mass is 10.3. The summed E-state index contributed by atoms with van der Waals surface area (Å²) in [6, 6.07) is 6.84. The lowest BCUT2D eigenvalue weighted by Gasteiger charge is -2.14. The third-order valence-corrected chi connectivity index (χ3v) is 2.49. The lowest BCUT2D eigenvalue weighted by molar-refractivity contribution is 0.256. The molecule has 3 N–H and O–H groups in total. The van der Waals surface area contributed by atoms with Crippen molar-refractivity contribution in [1.82, 2.24) is 10.6 Å². The maximum atomic E-state index is 11.7. The molecule has 0 saturated heterocycles. The number of nitrogens with zero attached hydrogens (tertiary/aromatic N) is 1. The highest BCUT2D eigenvalue weighted by molar-refractivity contribution is 6.04. The standard InChI is InChI=1S/C12H16N4O2/c1-18-10-4-2-9(3-5-10)15-12(17)16-11-8-13-6-7-14-11/h2-5,13H,6-8H2,1H3,(H2,14,15,16,17). The molecular formula is C12H16N4O2. The Kier molecular flexibility index (Phi) is 4.14. The molecule has 0 spiro atoms. The van der Waals surface area contributed by atoms with Gasteiger partial charge in [-0.2, -0.15) is 0 Å². The first kappa shape index (κ1) is 12.4. The molecule has 1 aromatic rings. The molecule has 2 amide bonds. The van der Waals surface area contributed by atoms with Gasteiger partial charge in [0, 0.05) is 12.2 Å². The van der Waals surface area contributed by atoms with Gasteiger partial charge in [0.1, 0.15) is 11.6 Å². The minimum absolute atomic E-state index is 0.289. The van der Waals surface area contributed by atoms with E-state index in [2.05, 4.69) is 20.9 Å². The highest BCUT2D eigenvalue weighted by atomic mass is 16.5. The first-order valence-electron chi connectivity index (χ1n) is 5.74. The summed E-state index contributed by atoms with van der Waals surface area (Å²) in [6.45, 7) is 2.14. The Morgan fingerprint density at radius 1 is 1.33 bits per heavy atom. The largest absolute Gasteiger partial charge is 0.497 e. The number of ether oxygens (including phenoxy) is 1.